The van der Waals surface area contributed by atoms with Gasteiger partial charge in [0.25, 0.3) is 0 Å². The Hall–Kier alpha value is -3.92. The summed E-state index contributed by atoms with van der Waals surface area (Å²) in [7, 11) is 0. The topological polar surface area (TPSA) is 42.5 Å². The summed E-state index contributed by atoms with van der Waals surface area (Å²) >= 11 is 0. The van der Waals surface area contributed by atoms with Crippen LogP contribution in [-0.2, 0) is 0 Å². The van der Waals surface area contributed by atoms with Crippen LogP contribution in [0.5, 0.6) is 11.5 Å². The lowest BCUT2D eigenvalue weighted by Gasteiger charge is -2.18. The van der Waals surface area contributed by atoms with E-state index in [0.29, 0.717) is 0 Å². The van der Waals surface area contributed by atoms with Crippen LogP contribution >= 0.6 is 0 Å². The maximum Gasteiger partial charge on any atom is 0.226 e. The number of fused-ring (bicyclic) bond motifs is 2. The molecule has 0 spiro atoms. The van der Waals surface area contributed by atoms with Gasteiger partial charge in [0.15, 0.2) is 0 Å². The zero-order valence-electron chi connectivity index (χ0n) is 16.2. The molecule has 4 aromatic rings. The van der Waals surface area contributed by atoms with Gasteiger partial charge < -0.3 is 20.1 Å². The number of ether oxygens (including phenoxy) is 2. The summed E-state index contributed by atoms with van der Waals surface area (Å²) < 4.78 is 12.3. The first-order valence-electron chi connectivity index (χ1n) is 10.1. The minimum atomic E-state index is -0.307. The Labute approximate surface area is 175 Å². The number of benzene rings is 4. The molecule has 0 bridgehead atoms. The van der Waals surface area contributed by atoms with Crippen molar-refractivity contribution < 1.29 is 9.47 Å². The van der Waals surface area contributed by atoms with Crippen molar-refractivity contribution in [3.8, 4) is 33.8 Å². The molecule has 4 aromatic carbocycles. The van der Waals surface area contributed by atoms with Gasteiger partial charge in [-0.3, -0.25) is 0 Å². The summed E-state index contributed by atoms with van der Waals surface area (Å²) in [6.45, 7) is 0. The van der Waals surface area contributed by atoms with Gasteiger partial charge in [0.2, 0.25) is 12.5 Å². The van der Waals surface area contributed by atoms with Gasteiger partial charge in [-0.2, -0.15) is 0 Å². The highest BCUT2D eigenvalue weighted by atomic mass is 16.6. The van der Waals surface area contributed by atoms with Crippen LogP contribution in [0.2, 0.25) is 0 Å². The Morgan fingerprint density at radius 1 is 0.467 bits per heavy atom. The summed E-state index contributed by atoms with van der Waals surface area (Å²) in [6.07, 6.45) is -0.614. The van der Waals surface area contributed by atoms with Crippen LogP contribution in [0.1, 0.15) is 0 Å². The fourth-order valence-electron chi connectivity index (χ4n) is 4.03. The van der Waals surface area contributed by atoms with Gasteiger partial charge in [0, 0.05) is 0 Å². The number of hydrogen-bond acceptors (Lipinski definition) is 4. The predicted molar refractivity (Wildman–Crippen MR) is 120 cm³/mol. The molecule has 0 unspecified atom stereocenters. The molecule has 6 rings (SSSR count). The van der Waals surface area contributed by atoms with Crippen molar-refractivity contribution in [2.24, 2.45) is 0 Å². The second-order valence-corrected chi connectivity index (χ2v) is 7.52. The summed E-state index contributed by atoms with van der Waals surface area (Å²) in [5.41, 5.74) is 6.63. The summed E-state index contributed by atoms with van der Waals surface area (Å²) in [5, 5.41) is 6.92. The minimum Gasteiger partial charge on any atom is -0.462 e. The Morgan fingerprint density at radius 3 is 1.33 bits per heavy atom. The van der Waals surface area contributed by atoms with Crippen molar-refractivity contribution in [3.05, 3.63) is 97.1 Å². The van der Waals surface area contributed by atoms with Gasteiger partial charge >= 0.3 is 0 Å². The zero-order chi connectivity index (χ0) is 19.9. The average Bonchev–Trinajstić information content (AvgIpc) is 3.43. The Kier molecular flexibility index (Phi) is 3.88. The molecule has 4 nitrogen and oxygen atoms in total. The van der Waals surface area contributed by atoms with E-state index in [4.69, 9.17) is 9.47 Å². The van der Waals surface area contributed by atoms with Gasteiger partial charge in [-0.25, -0.2) is 0 Å². The summed E-state index contributed by atoms with van der Waals surface area (Å²) in [4.78, 5) is 0. The van der Waals surface area contributed by atoms with E-state index < -0.39 is 0 Å². The molecule has 2 aliphatic rings. The molecule has 30 heavy (non-hydrogen) atoms. The van der Waals surface area contributed by atoms with Crippen LogP contribution in [0.25, 0.3) is 22.3 Å². The van der Waals surface area contributed by atoms with E-state index in [-0.39, 0.29) is 12.5 Å². The fraction of sp³-hybridized carbons (Fsp3) is 0.0769. The van der Waals surface area contributed by atoms with Crippen molar-refractivity contribution in [2.45, 2.75) is 12.5 Å². The second kappa shape index (κ2) is 6.85. The van der Waals surface area contributed by atoms with E-state index in [9.17, 15) is 0 Å². The van der Waals surface area contributed by atoms with E-state index in [0.717, 1.165) is 34.0 Å². The molecule has 2 heterocycles. The predicted octanol–water partition coefficient (Wildman–Crippen LogP) is 5.98. The largest absolute Gasteiger partial charge is 0.462 e. The molecular weight excluding hydrogens is 372 g/mol. The third kappa shape index (κ3) is 2.94. The lowest BCUT2D eigenvalue weighted by molar-refractivity contribution is 0.113. The van der Waals surface area contributed by atoms with E-state index in [2.05, 4.69) is 59.2 Å². The number of nitrogens with one attached hydrogen (secondary N) is 2. The van der Waals surface area contributed by atoms with E-state index in [1.54, 1.807) is 0 Å². The Bertz CT molecular complexity index is 1110. The van der Waals surface area contributed by atoms with Gasteiger partial charge in [-0.15, -0.1) is 0 Å². The molecule has 2 atom stereocenters. The third-order valence-corrected chi connectivity index (χ3v) is 5.55. The van der Waals surface area contributed by atoms with Crippen LogP contribution in [0.15, 0.2) is 97.1 Å². The van der Waals surface area contributed by atoms with Gasteiger partial charge in [-0.05, 0) is 46.5 Å². The first-order valence-corrected chi connectivity index (χ1v) is 10.1. The second-order valence-electron chi connectivity index (χ2n) is 7.52. The van der Waals surface area contributed by atoms with Crippen molar-refractivity contribution in [2.75, 3.05) is 10.6 Å². The molecule has 0 fully saturated rings. The SMILES string of the molecule is c1ccc(-c2ccc3c(c2)N[C@@H]([C@H]2Nc4cc(-c5ccccc5)ccc4O2)O3)cc1. The first-order chi connectivity index (χ1) is 14.8. The first kappa shape index (κ1) is 17.0. The van der Waals surface area contributed by atoms with Crippen LogP contribution in [0.4, 0.5) is 11.4 Å². The Balaban J connectivity index is 1.21. The lowest BCUT2D eigenvalue weighted by atomic mass is 10.1. The summed E-state index contributed by atoms with van der Waals surface area (Å²) in [5.74, 6) is 1.68. The summed E-state index contributed by atoms with van der Waals surface area (Å²) in [6, 6.07) is 33.1. The quantitative estimate of drug-likeness (QED) is 0.450. The maximum atomic E-state index is 6.13. The Morgan fingerprint density at radius 2 is 0.900 bits per heavy atom. The van der Waals surface area contributed by atoms with Gasteiger partial charge in [0.05, 0.1) is 11.4 Å². The highest BCUT2D eigenvalue weighted by molar-refractivity contribution is 5.75. The number of rotatable bonds is 3. The van der Waals surface area contributed by atoms with Crippen LogP contribution < -0.4 is 20.1 Å². The van der Waals surface area contributed by atoms with E-state index in [1.165, 1.54) is 11.1 Å². The number of anilines is 2. The molecule has 146 valence electrons. The fourth-order valence-corrected chi connectivity index (χ4v) is 4.03. The van der Waals surface area contributed by atoms with Gasteiger partial charge in [0.1, 0.15) is 11.5 Å². The van der Waals surface area contributed by atoms with Crippen molar-refractivity contribution >= 4 is 11.4 Å². The standard InChI is InChI=1S/C26H20N2O2/c1-3-7-17(8-4-1)19-11-13-23-21(15-19)27-25(29-23)26-28-22-16-20(12-14-24(22)30-26)18-9-5-2-6-10-18/h1-16,25-28H/t25-,26+. The highest BCUT2D eigenvalue weighted by Crippen LogP contribution is 2.41. The highest BCUT2D eigenvalue weighted by Gasteiger charge is 2.36. The normalized spacial score (nSPS) is 18.4. The smallest absolute Gasteiger partial charge is 0.226 e. The van der Waals surface area contributed by atoms with Crippen LogP contribution in [-0.4, -0.2) is 12.5 Å². The average molecular weight is 392 g/mol. The van der Waals surface area contributed by atoms with Crippen molar-refractivity contribution in [3.63, 3.8) is 0 Å². The molecule has 0 aromatic heterocycles. The van der Waals surface area contributed by atoms with Gasteiger partial charge in [-0.1, -0.05) is 72.8 Å². The zero-order valence-corrected chi connectivity index (χ0v) is 16.2. The van der Waals surface area contributed by atoms with Crippen LogP contribution in [0, 0.1) is 0 Å². The number of hydrogen-bond donors (Lipinski definition) is 2. The molecule has 0 saturated heterocycles. The van der Waals surface area contributed by atoms with Crippen molar-refractivity contribution in [1.29, 1.82) is 0 Å². The third-order valence-electron chi connectivity index (χ3n) is 5.55. The van der Waals surface area contributed by atoms with E-state index >= 15 is 0 Å². The molecule has 4 heteroatoms. The molecule has 0 radical (unpaired) electrons. The van der Waals surface area contributed by atoms with E-state index in [1.807, 2.05) is 48.5 Å². The molecule has 0 amide bonds. The molecule has 2 aliphatic heterocycles. The monoisotopic (exact) mass is 392 g/mol. The van der Waals surface area contributed by atoms with Crippen molar-refractivity contribution in [1.82, 2.24) is 0 Å². The maximum absolute atomic E-state index is 6.13. The lowest BCUT2D eigenvalue weighted by Crippen LogP contribution is -2.41. The van der Waals surface area contributed by atoms with Crippen LogP contribution in [0.3, 0.4) is 0 Å². The molecule has 0 aliphatic carbocycles. The molecule has 2 N–H and O–H groups in total. The minimum absolute atomic E-state index is 0.307. The molecular formula is C26H20N2O2. The molecule has 0 saturated carbocycles.